The Labute approximate surface area is 146 Å². The standard InChI is InChI=1S/C15H11Cl2FN2O4/c1-6(21)20-12-8(5-19-13(11(12)17)15(22)23)7-3-4-9(18)14(24-2)10(7)16/h3-5H,1-2H3,(H,22,23)(H,19,20,21). The van der Waals surface area contributed by atoms with E-state index in [2.05, 4.69) is 10.3 Å². The zero-order chi connectivity index (χ0) is 18.0. The van der Waals surface area contributed by atoms with E-state index in [0.29, 0.717) is 0 Å². The van der Waals surface area contributed by atoms with E-state index in [0.717, 1.165) is 6.07 Å². The zero-order valence-electron chi connectivity index (χ0n) is 12.5. The van der Waals surface area contributed by atoms with Crippen LogP contribution in [0.4, 0.5) is 10.1 Å². The number of nitrogens with zero attached hydrogens (tertiary/aromatic N) is 1. The SMILES string of the molecule is COc1c(F)ccc(-c2cnc(C(=O)O)c(Cl)c2NC(C)=O)c1Cl. The Morgan fingerprint density at radius 1 is 1.25 bits per heavy atom. The fourth-order valence-corrected chi connectivity index (χ4v) is 2.68. The van der Waals surface area contributed by atoms with Gasteiger partial charge in [0.2, 0.25) is 5.91 Å². The molecule has 1 amide bonds. The average Bonchev–Trinajstić information content (AvgIpc) is 2.49. The molecule has 0 bridgehead atoms. The molecule has 0 aliphatic carbocycles. The molecule has 1 aromatic carbocycles. The van der Waals surface area contributed by atoms with E-state index in [1.165, 1.54) is 26.3 Å². The highest BCUT2D eigenvalue weighted by molar-refractivity contribution is 6.38. The lowest BCUT2D eigenvalue weighted by atomic mass is 10.0. The number of halogens is 3. The van der Waals surface area contributed by atoms with Crippen LogP contribution in [0.15, 0.2) is 18.3 Å². The summed E-state index contributed by atoms with van der Waals surface area (Å²) in [7, 11) is 1.25. The minimum absolute atomic E-state index is 0.00660. The summed E-state index contributed by atoms with van der Waals surface area (Å²) in [6, 6.07) is 2.47. The van der Waals surface area contributed by atoms with Crippen molar-refractivity contribution in [2.24, 2.45) is 0 Å². The van der Waals surface area contributed by atoms with E-state index in [9.17, 15) is 14.0 Å². The molecule has 1 aromatic heterocycles. The number of methoxy groups -OCH3 is 1. The van der Waals surface area contributed by atoms with Gasteiger partial charge in [0.15, 0.2) is 17.3 Å². The van der Waals surface area contributed by atoms with E-state index in [1.807, 2.05) is 0 Å². The van der Waals surface area contributed by atoms with Gasteiger partial charge in [-0.15, -0.1) is 0 Å². The Kier molecular flexibility index (Phi) is 5.26. The zero-order valence-corrected chi connectivity index (χ0v) is 14.0. The lowest BCUT2D eigenvalue weighted by Gasteiger charge is -2.15. The van der Waals surface area contributed by atoms with Gasteiger partial charge >= 0.3 is 5.97 Å². The number of carboxylic acids is 1. The highest BCUT2D eigenvalue weighted by Crippen LogP contribution is 2.42. The van der Waals surface area contributed by atoms with Crippen molar-refractivity contribution in [1.29, 1.82) is 0 Å². The number of carboxylic acid groups (broad SMARTS) is 1. The number of nitrogens with one attached hydrogen (secondary N) is 1. The van der Waals surface area contributed by atoms with Crippen LogP contribution in [-0.2, 0) is 4.79 Å². The van der Waals surface area contributed by atoms with Crippen molar-refractivity contribution in [3.8, 4) is 16.9 Å². The number of pyridine rings is 1. The highest BCUT2D eigenvalue weighted by Gasteiger charge is 2.22. The molecule has 0 radical (unpaired) electrons. The molecule has 2 aromatic rings. The number of ether oxygens (including phenoxy) is 1. The van der Waals surface area contributed by atoms with Crippen molar-refractivity contribution in [3.63, 3.8) is 0 Å². The molecule has 0 spiro atoms. The minimum Gasteiger partial charge on any atom is -0.492 e. The average molecular weight is 373 g/mol. The normalized spacial score (nSPS) is 10.4. The van der Waals surface area contributed by atoms with Crippen molar-refractivity contribution >= 4 is 40.8 Å². The second kappa shape index (κ2) is 7.02. The van der Waals surface area contributed by atoms with E-state index in [4.69, 9.17) is 33.0 Å². The third-order valence-corrected chi connectivity index (χ3v) is 3.81. The largest absolute Gasteiger partial charge is 0.492 e. The molecule has 0 fully saturated rings. The topological polar surface area (TPSA) is 88.5 Å². The maximum absolute atomic E-state index is 13.7. The van der Waals surface area contributed by atoms with E-state index in [-0.39, 0.29) is 32.6 Å². The quantitative estimate of drug-likeness (QED) is 0.850. The number of aromatic carboxylic acids is 1. The number of hydrogen-bond donors (Lipinski definition) is 2. The van der Waals surface area contributed by atoms with E-state index < -0.39 is 23.4 Å². The number of anilines is 1. The number of hydrogen-bond acceptors (Lipinski definition) is 4. The van der Waals surface area contributed by atoms with Gasteiger partial charge in [0, 0.05) is 24.2 Å². The van der Waals surface area contributed by atoms with Crippen LogP contribution >= 0.6 is 23.2 Å². The molecule has 2 N–H and O–H groups in total. The number of carbonyl (C=O) groups excluding carboxylic acids is 1. The lowest BCUT2D eigenvalue weighted by molar-refractivity contribution is -0.114. The van der Waals surface area contributed by atoms with Gasteiger partial charge in [0.25, 0.3) is 0 Å². The summed E-state index contributed by atoms with van der Waals surface area (Å²) in [5.74, 6) is -2.71. The number of aromatic nitrogens is 1. The van der Waals surface area contributed by atoms with Crippen LogP contribution in [0.5, 0.6) is 5.75 Å². The predicted octanol–water partition coefficient (Wildman–Crippen LogP) is 3.86. The first-order valence-corrected chi connectivity index (χ1v) is 7.25. The molecule has 0 unspecified atom stereocenters. The molecule has 0 saturated heterocycles. The molecule has 0 aliphatic heterocycles. The molecule has 6 nitrogen and oxygen atoms in total. The van der Waals surface area contributed by atoms with Gasteiger partial charge < -0.3 is 15.2 Å². The first kappa shape index (κ1) is 18.0. The molecule has 9 heteroatoms. The first-order valence-electron chi connectivity index (χ1n) is 6.49. The fourth-order valence-electron chi connectivity index (χ4n) is 2.07. The first-order chi connectivity index (χ1) is 11.3. The third kappa shape index (κ3) is 3.27. The van der Waals surface area contributed by atoms with Crippen LogP contribution in [0.1, 0.15) is 17.4 Å². The van der Waals surface area contributed by atoms with E-state index >= 15 is 0 Å². The Balaban J connectivity index is 2.77. The highest BCUT2D eigenvalue weighted by atomic mass is 35.5. The molecule has 0 aliphatic rings. The van der Waals surface area contributed by atoms with Gasteiger partial charge in [0.05, 0.1) is 22.8 Å². The number of benzene rings is 1. The van der Waals surface area contributed by atoms with Crippen molar-refractivity contribution in [3.05, 3.63) is 39.9 Å². The minimum atomic E-state index is -1.36. The summed E-state index contributed by atoms with van der Waals surface area (Å²) in [6.45, 7) is 1.23. The summed E-state index contributed by atoms with van der Waals surface area (Å²) >= 11 is 12.2. The Bertz CT molecular complexity index is 843. The van der Waals surface area contributed by atoms with Crippen molar-refractivity contribution in [2.75, 3.05) is 12.4 Å². The summed E-state index contributed by atoms with van der Waals surface area (Å²) in [5, 5.41) is 11.2. The van der Waals surface area contributed by atoms with Gasteiger partial charge in [-0.25, -0.2) is 14.2 Å². The number of carbonyl (C=O) groups is 2. The Morgan fingerprint density at radius 2 is 1.92 bits per heavy atom. The van der Waals surface area contributed by atoms with Crippen LogP contribution in [0.3, 0.4) is 0 Å². The molecule has 24 heavy (non-hydrogen) atoms. The van der Waals surface area contributed by atoms with Crippen molar-refractivity contribution in [1.82, 2.24) is 4.98 Å². The van der Waals surface area contributed by atoms with E-state index in [1.54, 1.807) is 0 Å². The molecular formula is C15H11Cl2FN2O4. The molecule has 0 atom stereocenters. The van der Waals surface area contributed by atoms with Crippen LogP contribution in [-0.4, -0.2) is 29.1 Å². The van der Waals surface area contributed by atoms with Crippen LogP contribution in [0.2, 0.25) is 10.0 Å². The van der Waals surface area contributed by atoms with Gasteiger partial charge in [0.1, 0.15) is 0 Å². The third-order valence-electron chi connectivity index (χ3n) is 3.07. The van der Waals surface area contributed by atoms with Gasteiger partial charge in [-0.2, -0.15) is 0 Å². The fraction of sp³-hybridized carbons (Fsp3) is 0.133. The van der Waals surface area contributed by atoms with Gasteiger partial charge in [-0.05, 0) is 12.1 Å². The second-order valence-corrected chi connectivity index (χ2v) is 5.39. The molecule has 126 valence electrons. The maximum atomic E-state index is 13.7. The number of amides is 1. The van der Waals surface area contributed by atoms with Crippen LogP contribution < -0.4 is 10.1 Å². The molecule has 2 rings (SSSR count). The van der Waals surface area contributed by atoms with Crippen molar-refractivity contribution < 1.29 is 23.8 Å². The second-order valence-electron chi connectivity index (χ2n) is 4.64. The Hall–Kier alpha value is -2.38. The predicted molar refractivity (Wildman–Crippen MR) is 87.5 cm³/mol. The summed E-state index contributed by atoms with van der Waals surface area (Å²) in [6.07, 6.45) is 1.18. The van der Waals surface area contributed by atoms with Crippen LogP contribution in [0.25, 0.3) is 11.1 Å². The molecular weight excluding hydrogens is 362 g/mol. The summed E-state index contributed by atoms with van der Waals surface area (Å²) in [4.78, 5) is 26.4. The van der Waals surface area contributed by atoms with Crippen LogP contribution in [0, 0.1) is 5.82 Å². The van der Waals surface area contributed by atoms with Gasteiger partial charge in [-0.3, -0.25) is 4.79 Å². The lowest BCUT2D eigenvalue weighted by Crippen LogP contribution is -2.11. The van der Waals surface area contributed by atoms with Crippen molar-refractivity contribution in [2.45, 2.75) is 6.92 Å². The monoisotopic (exact) mass is 372 g/mol. The maximum Gasteiger partial charge on any atom is 0.356 e. The summed E-state index contributed by atoms with van der Waals surface area (Å²) in [5.41, 5.74) is 0.0648. The smallest absolute Gasteiger partial charge is 0.356 e. The number of rotatable bonds is 4. The molecule has 0 saturated carbocycles. The Morgan fingerprint density at radius 3 is 2.46 bits per heavy atom. The summed E-state index contributed by atoms with van der Waals surface area (Å²) < 4.78 is 18.6. The van der Waals surface area contributed by atoms with Gasteiger partial charge in [-0.1, -0.05) is 23.2 Å². The molecule has 1 heterocycles.